The van der Waals surface area contributed by atoms with Crippen LogP contribution >= 0.6 is 7.82 Å². The standard InChI is InChI=1S/C48H91O10P/c1-3-5-7-9-11-13-15-17-19-21-22-24-26-28-30-32-34-36-38-40-48(52)58-46(44-57-59(53,54)56-42-45(50)41-49)43-55-47(51)39-37-35-33-31-29-27-25-23-20-18-16-14-12-10-8-6-4-2/h25,27,31,33,45-46,49-50H,3-24,26,28-30,32,34-44H2,1-2H3,(H,53,54)/b27-25+,33-31+/t45-,46+/m0/s1. The predicted molar refractivity (Wildman–Crippen MR) is 242 cm³/mol. The minimum atomic E-state index is -4.63. The minimum absolute atomic E-state index is 0.181. The van der Waals surface area contributed by atoms with Crippen LogP contribution in [-0.2, 0) is 32.7 Å². The van der Waals surface area contributed by atoms with Gasteiger partial charge in [-0.15, -0.1) is 0 Å². The average molecular weight is 859 g/mol. The third-order valence-corrected chi connectivity index (χ3v) is 11.6. The summed E-state index contributed by atoms with van der Waals surface area (Å²) in [5, 5.41) is 18.4. The maximum Gasteiger partial charge on any atom is 0.472 e. The number of rotatable bonds is 46. The lowest BCUT2D eigenvalue weighted by Crippen LogP contribution is -2.29. The summed E-state index contributed by atoms with van der Waals surface area (Å²) in [6.45, 7) is 2.38. The van der Waals surface area contributed by atoms with E-state index in [1.54, 1.807) is 0 Å². The molecule has 348 valence electrons. The molecular weight excluding hydrogens is 767 g/mol. The Morgan fingerprint density at radius 3 is 1.36 bits per heavy atom. The van der Waals surface area contributed by atoms with E-state index >= 15 is 0 Å². The molecule has 0 spiro atoms. The van der Waals surface area contributed by atoms with Crippen LogP contribution in [0, 0.1) is 0 Å². The molecule has 0 amide bonds. The topological polar surface area (TPSA) is 149 Å². The average Bonchev–Trinajstić information content (AvgIpc) is 3.22. The summed E-state index contributed by atoms with van der Waals surface area (Å²) < 4.78 is 32.8. The maximum atomic E-state index is 12.7. The number of hydrogen-bond donors (Lipinski definition) is 3. The first-order valence-electron chi connectivity index (χ1n) is 24.3. The van der Waals surface area contributed by atoms with E-state index in [2.05, 4.69) is 38.2 Å². The Morgan fingerprint density at radius 2 is 0.898 bits per heavy atom. The minimum Gasteiger partial charge on any atom is -0.462 e. The number of carbonyl (C=O) groups excluding carboxylic acids is 2. The molecule has 0 radical (unpaired) electrons. The van der Waals surface area contributed by atoms with Crippen molar-refractivity contribution in [2.45, 2.75) is 244 Å². The molecule has 0 aliphatic heterocycles. The first-order valence-corrected chi connectivity index (χ1v) is 25.8. The second-order valence-electron chi connectivity index (χ2n) is 16.5. The van der Waals surface area contributed by atoms with E-state index in [0.29, 0.717) is 12.8 Å². The fourth-order valence-electron chi connectivity index (χ4n) is 6.86. The van der Waals surface area contributed by atoms with Gasteiger partial charge in [-0.1, -0.05) is 205 Å². The number of unbranched alkanes of at least 4 members (excludes halogenated alkanes) is 28. The molecule has 3 N–H and O–H groups in total. The van der Waals surface area contributed by atoms with Crippen LogP contribution in [0.25, 0.3) is 0 Å². The zero-order chi connectivity index (χ0) is 43.3. The van der Waals surface area contributed by atoms with Gasteiger partial charge in [0.1, 0.15) is 12.7 Å². The molecule has 0 fully saturated rings. The molecular formula is C48H91O10P. The Bertz CT molecular complexity index is 1040. The molecule has 0 heterocycles. The van der Waals surface area contributed by atoms with Crippen LogP contribution < -0.4 is 0 Å². The van der Waals surface area contributed by atoms with Crippen molar-refractivity contribution in [3.8, 4) is 0 Å². The summed E-state index contributed by atoms with van der Waals surface area (Å²) in [7, 11) is -4.63. The molecule has 0 aromatic carbocycles. The number of allylic oxidation sites excluding steroid dienone is 4. The molecule has 59 heavy (non-hydrogen) atoms. The van der Waals surface area contributed by atoms with Gasteiger partial charge in [0.05, 0.1) is 19.8 Å². The monoisotopic (exact) mass is 859 g/mol. The molecule has 0 aromatic heterocycles. The Labute approximate surface area is 361 Å². The van der Waals surface area contributed by atoms with E-state index in [4.69, 9.17) is 23.6 Å². The lowest BCUT2D eigenvalue weighted by atomic mass is 10.0. The number of esters is 2. The first-order chi connectivity index (χ1) is 28.7. The van der Waals surface area contributed by atoms with Gasteiger partial charge in [0.15, 0.2) is 6.10 Å². The Morgan fingerprint density at radius 1 is 0.508 bits per heavy atom. The van der Waals surface area contributed by atoms with E-state index in [1.165, 1.54) is 154 Å². The van der Waals surface area contributed by atoms with Crippen LogP contribution in [0.1, 0.15) is 232 Å². The fraction of sp³-hybridized carbons (Fsp3) is 0.875. The number of aliphatic hydroxyl groups is 2. The molecule has 0 saturated heterocycles. The summed E-state index contributed by atoms with van der Waals surface area (Å²) in [4.78, 5) is 35.1. The molecule has 11 heteroatoms. The maximum absolute atomic E-state index is 12.7. The molecule has 0 aliphatic carbocycles. The summed E-state index contributed by atoms with van der Waals surface area (Å²) >= 11 is 0. The van der Waals surface area contributed by atoms with Crippen LogP contribution in [0.5, 0.6) is 0 Å². The van der Waals surface area contributed by atoms with Gasteiger partial charge < -0.3 is 24.6 Å². The van der Waals surface area contributed by atoms with Crippen molar-refractivity contribution < 1.29 is 47.8 Å². The highest BCUT2D eigenvalue weighted by molar-refractivity contribution is 7.47. The first kappa shape index (κ1) is 57.4. The van der Waals surface area contributed by atoms with Crippen LogP contribution in [0.3, 0.4) is 0 Å². The van der Waals surface area contributed by atoms with Crippen molar-refractivity contribution >= 4 is 19.8 Å². The quantitative estimate of drug-likeness (QED) is 0.0234. The van der Waals surface area contributed by atoms with Crippen LogP contribution in [0.2, 0.25) is 0 Å². The van der Waals surface area contributed by atoms with Crippen molar-refractivity contribution in [2.75, 3.05) is 26.4 Å². The highest BCUT2D eigenvalue weighted by Crippen LogP contribution is 2.43. The number of ether oxygens (including phenoxy) is 2. The molecule has 3 atom stereocenters. The summed E-state index contributed by atoms with van der Waals surface area (Å²) in [5.41, 5.74) is 0. The van der Waals surface area contributed by atoms with Crippen LogP contribution in [-0.4, -0.2) is 65.7 Å². The lowest BCUT2D eigenvalue weighted by Gasteiger charge is -2.20. The zero-order valence-electron chi connectivity index (χ0n) is 38.0. The smallest absolute Gasteiger partial charge is 0.462 e. The van der Waals surface area contributed by atoms with Gasteiger partial charge in [0, 0.05) is 12.8 Å². The van der Waals surface area contributed by atoms with Gasteiger partial charge in [-0.2, -0.15) is 0 Å². The third-order valence-electron chi connectivity index (χ3n) is 10.6. The number of aliphatic hydroxyl groups excluding tert-OH is 2. The largest absolute Gasteiger partial charge is 0.472 e. The van der Waals surface area contributed by atoms with Gasteiger partial charge in [-0.25, -0.2) is 4.57 Å². The van der Waals surface area contributed by atoms with E-state index < -0.39 is 51.8 Å². The predicted octanol–water partition coefficient (Wildman–Crippen LogP) is 13.3. The van der Waals surface area contributed by atoms with Gasteiger partial charge in [-0.3, -0.25) is 18.6 Å². The number of phosphoric ester groups is 1. The third kappa shape index (κ3) is 44.3. The normalized spacial score (nSPS) is 13.9. The molecule has 0 rings (SSSR count). The Balaban J connectivity index is 4.25. The number of phosphoric acid groups is 1. The van der Waals surface area contributed by atoms with Crippen molar-refractivity contribution in [1.29, 1.82) is 0 Å². The van der Waals surface area contributed by atoms with E-state index in [-0.39, 0.29) is 19.4 Å². The SMILES string of the molecule is CCCCCCCCCCC/C=C/C/C=C/CCCC(=O)OC[C@H](COP(=O)(O)OC[C@@H](O)CO)OC(=O)CCCCCCCCCCCCCCCCCCCCC. The van der Waals surface area contributed by atoms with E-state index in [0.717, 1.165) is 38.5 Å². The number of hydrogen-bond acceptors (Lipinski definition) is 9. The van der Waals surface area contributed by atoms with Gasteiger partial charge >= 0.3 is 19.8 Å². The van der Waals surface area contributed by atoms with E-state index in [1.807, 2.05) is 0 Å². The Hall–Kier alpha value is -1.55. The van der Waals surface area contributed by atoms with E-state index in [9.17, 15) is 24.2 Å². The van der Waals surface area contributed by atoms with Gasteiger partial charge in [-0.05, 0) is 38.5 Å². The van der Waals surface area contributed by atoms with Crippen molar-refractivity contribution in [3.63, 3.8) is 0 Å². The zero-order valence-corrected chi connectivity index (χ0v) is 38.9. The van der Waals surface area contributed by atoms with Gasteiger partial charge in [0.25, 0.3) is 0 Å². The summed E-state index contributed by atoms with van der Waals surface area (Å²) in [6, 6.07) is 0. The highest BCUT2D eigenvalue weighted by atomic mass is 31.2. The lowest BCUT2D eigenvalue weighted by molar-refractivity contribution is -0.161. The van der Waals surface area contributed by atoms with Crippen molar-refractivity contribution in [3.05, 3.63) is 24.3 Å². The summed E-state index contributed by atoms with van der Waals surface area (Å²) in [5.74, 6) is -0.966. The van der Waals surface area contributed by atoms with Crippen molar-refractivity contribution in [1.82, 2.24) is 0 Å². The molecule has 0 saturated carbocycles. The highest BCUT2D eigenvalue weighted by Gasteiger charge is 2.27. The fourth-order valence-corrected chi connectivity index (χ4v) is 7.65. The summed E-state index contributed by atoms with van der Waals surface area (Å²) in [6.07, 6.45) is 45.8. The Kier molecular flexibility index (Phi) is 43.3. The molecule has 1 unspecified atom stereocenters. The molecule has 0 aliphatic rings. The second-order valence-corrected chi connectivity index (χ2v) is 17.9. The molecule has 0 aromatic rings. The van der Waals surface area contributed by atoms with Gasteiger partial charge in [0.2, 0.25) is 0 Å². The van der Waals surface area contributed by atoms with Crippen LogP contribution in [0.4, 0.5) is 0 Å². The number of carbonyl (C=O) groups is 2. The second kappa shape index (κ2) is 44.5. The van der Waals surface area contributed by atoms with Crippen LogP contribution in [0.15, 0.2) is 24.3 Å². The molecule has 0 bridgehead atoms. The molecule has 10 nitrogen and oxygen atoms in total. The van der Waals surface area contributed by atoms with Crippen molar-refractivity contribution in [2.24, 2.45) is 0 Å².